The highest BCUT2D eigenvalue weighted by atomic mass is 79.9. The molecule has 0 spiro atoms. The van der Waals surface area contributed by atoms with Gasteiger partial charge in [-0.05, 0) is 117 Å². The molecule has 0 fully saturated rings. The SMILES string of the molecule is Cc1ccc2nc(-c3ccc(Cl)cc3)c(C(Br)Br)nc2c1.Cc1ccc2nc(-c3ccc(Cl)cc3)c(C)nc2c1.Cc1ccc2nc(-c3ccc(Cl)cc3)c(CBr)nc2c1.O=C=O.O=C=O.O=C=O. The molecular formula is C51H36Br3Cl3N6O6. The van der Waals surface area contributed by atoms with E-state index in [4.69, 9.17) is 88.5 Å². The lowest BCUT2D eigenvalue weighted by Gasteiger charge is -2.11. The second-order valence-electron chi connectivity index (χ2n) is 14.3. The highest BCUT2D eigenvalue weighted by Crippen LogP contribution is 2.36. The number of hydrogen-bond donors (Lipinski definition) is 0. The molecule has 69 heavy (non-hydrogen) atoms. The smallest absolute Gasteiger partial charge is 0.249 e. The minimum absolute atomic E-state index is 0.0620. The molecule has 0 aliphatic heterocycles. The molecular weight excluding hydrogens is 1140 g/mol. The number of benzene rings is 6. The topological polar surface area (TPSA) is 180 Å². The van der Waals surface area contributed by atoms with Gasteiger partial charge in [-0.25, -0.2) is 29.9 Å². The van der Waals surface area contributed by atoms with Crippen LogP contribution in [0.1, 0.15) is 37.5 Å². The summed E-state index contributed by atoms with van der Waals surface area (Å²) in [6.07, 6.45) is 0.750. The first kappa shape index (κ1) is 55.4. The molecule has 9 aromatic rings. The van der Waals surface area contributed by atoms with Gasteiger partial charge < -0.3 is 0 Å². The first-order valence-corrected chi connectivity index (χ1v) is 24.1. The third-order valence-electron chi connectivity index (χ3n) is 9.42. The van der Waals surface area contributed by atoms with Crippen LogP contribution in [0.2, 0.25) is 15.1 Å². The summed E-state index contributed by atoms with van der Waals surface area (Å²) in [6.45, 7) is 8.15. The van der Waals surface area contributed by atoms with Crippen molar-refractivity contribution < 1.29 is 28.8 Å². The van der Waals surface area contributed by atoms with Gasteiger partial charge in [-0.15, -0.1) is 0 Å². The number of rotatable bonds is 5. The molecule has 3 heterocycles. The predicted molar refractivity (Wildman–Crippen MR) is 277 cm³/mol. The van der Waals surface area contributed by atoms with Crippen LogP contribution in [0.25, 0.3) is 66.9 Å². The molecule has 0 atom stereocenters. The quantitative estimate of drug-likeness (QED) is 0.149. The summed E-state index contributed by atoms with van der Waals surface area (Å²) in [5, 5.41) is 2.82. The summed E-state index contributed by atoms with van der Waals surface area (Å²) in [6, 6.07) is 41.3. The lowest BCUT2D eigenvalue weighted by Crippen LogP contribution is -1.98. The summed E-state index contributed by atoms with van der Waals surface area (Å²) < 4.78 is -0.0620. The first-order chi connectivity index (χ1) is 33.1. The maximum atomic E-state index is 8.12. The van der Waals surface area contributed by atoms with Gasteiger partial charge in [-0.2, -0.15) is 28.8 Å². The second-order valence-corrected chi connectivity index (χ2v) is 19.2. The van der Waals surface area contributed by atoms with E-state index in [0.717, 1.165) is 94.0 Å². The van der Waals surface area contributed by atoms with Crippen LogP contribution in [0.4, 0.5) is 0 Å². The minimum Gasteiger partial charge on any atom is -0.249 e. The monoisotopic (exact) mass is 1170 g/mol. The average Bonchev–Trinajstić information content (AvgIpc) is 3.32. The minimum atomic E-state index is -0.0620. The maximum absolute atomic E-state index is 8.12. The van der Waals surface area contributed by atoms with E-state index in [-0.39, 0.29) is 22.2 Å². The number of aromatic nitrogens is 6. The Morgan fingerprint density at radius 2 is 0.739 bits per heavy atom. The Morgan fingerprint density at radius 1 is 0.420 bits per heavy atom. The Hall–Kier alpha value is -6.21. The number of carbonyl (C=O) groups excluding carboxylic acids is 6. The van der Waals surface area contributed by atoms with Crippen molar-refractivity contribution in [2.24, 2.45) is 0 Å². The predicted octanol–water partition coefficient (Wildman–Crippen LogP) is 14.0. The lowest BCUT2D eigenvalue weighted by molar-refractivity contribution is -0.193. The van der Waals surface area contributed by atoms with Crippen LogP contribution in [-0.2, 0) is 34.1 Å². The van der Waals surface area contributed by atoms with E-state index in [1.54, 1.807) is 0 Å². The van der Waals surface area contributed by atoms with E-state index in [1.807, 2.05) is 117 Å². The van der Waals surface area contributed by atoms with Crippen molar-refractivity contribution in [2.75, 3.05) is 0 Å². The number of alkyl halides is 3. The lowest BCUT2D eigenvalue weighted by atomic mass is 10.1. The molecule has 0 saturated carbocycles. The van der Waals surface area contributed by atoms with E-state index < -0.39 is 0 Å². The van der Waals surface area contributed by atoms with Gasteiger partial charge in [-0.3, -0.25) is 0 Å². The summed E-state index contributed by atoms with van der Waals surface area (Å²) >= 11 is 28.4. The van der Waals surface area contributed by atoms with E-state index in [9.17, 15) is 0 Å². The Bertz CT molecular complexity index is 3270. The molecule has 12 nitrogen and oxygen atoms in total. The fraction of sp³-hybridized carbons (Fsp3) is 0.118. The van der Waals surface area contributed by atoms with Gasteiger partial charge in [0.25, 0.3) is 0 Å². The van der Waals surface area contributed by atoms with Crippen molar-refractivity contribution in [2.45, 2.75) is 36.8 Å². The molecule has 0 bridgehead atoms. The number of aryl methyl sites for hydroxylation is 4. The average molecular weight is 1170 g/mol. The standard InChI is InChI=1S/C16H11Br2ClN2.C16H12BrClN2.C16H13ClN2.3CO2/c1-9-2-7-12-13(8-9)21-15(16(17)18)14(20-12)10-3-5-11(19)6-4-10;1-10-2-7-13-14(8-10)19-15(9-17)16(20-13)11-3-5-12(18)6-4-11;1-10-3-8-14-15(9-10)18-11(2)16(19-14)12-4-6-13(17)7-5-12;3*2-1-3/h2-8,16H,1H3;2-8H,9H2,1H3;3-9H,1-2H3;;;. The van der Waals surface area contributed by atoms with Gasteiger partial charge in [0.2, 0.25) is 0 Å². The van der Waals surface area contributed by atoms with Crippen molar-refractivity contribution in [1.29, 1.82) is 0 Å². The molecule has 348 valence electrons. The highest BCUT2D eigenvalue weighted by Gasteiger charge is 2.16. The molecule has 0 aliphatic rings. The van der Waals surface area contributed by atoms with Crippen molar-refractivity contribution in [3.63, 3.8) is 0 Å². The van der Waals surface area contributed by atoms with Crippen molar-refractivity contribution >= 4 is 134 Å². The van der Waals surface area contributed by atoms with E-state index in [0.29, 0.717) is 10.4 Å². The van der Waals surface area contributed by atoms with Crippen molar-refractivity contribution in [1.82, 2.24) is 29.9 Å². The molecule has 0 saturated heterocycles. The normalized spacial score (nSPS) is 9.96. The zero-order valence-corrected chi connectivity index (χ0v) is 43.8. The number of halogens is 6. The summed E-state index contributed by atoms with van der Waals surface area (Å²) in [5.41, 5.74) is 17.5. The van der Waals surface area contributed by atoms with E-state index in [1.165, 1.54) is 16.7 Å². The highest BCUT2D eigenvalue weighted by molar-refractivity contribution is 9.24. The molecule has 0 unspecified atom stereocenters. The Kier molecular flexibility index (Phi) is 22.2. The van der Waals surface area contributed by atoms with E-state index in [2.05, 4.69) is 90.9 Å². The molecule has 0 aliphatic carbocycles. The Morgan fingerprint density at radius 3 is 1.12 bits per heavy atom. The summed E-state index contributed by atoms with van der Waals surface area (Å²) in [7, 11) is 0. The molecule has 18 heteroatoms. The number of nitrogens with zero attached hydrogens (tertiary/aromatic N) is 6. The molecule has 9 rings (SSSR count). The maximum Gasteiger partial charge on any atom is 0.373 e. The fourth-order valence-electron chi connectivity index (χ4n) is 6.42. The van der Waals surface area contributed by atoms with Crippen LogP contribution in [0.3, 0.4) is 0 Å². The zero-order valence-electron chi connectivity index (χ0n) is 36.8. The van der Waals surface area contributed by atoms with Gasteiger partial charge in [0, 0.05) is 37.1 Å². The molecule has 0 amide bonds. The van der Waals surface area contributed by atoms with Gasteiger partial charge in [0.15, 0.2) is 0 Å². The third kappa shape index (κ3) is 16.2. The third-order valence-corrected chi connectivity index (χ3v) is 11.6. The fourth-order valence-corrected chi connectivity index (χ4v) is 7.82. The van der Waals surface area contributed by atoms with Crippen LogP contribution in [0, 0.1) is 27.7 Å². The largest absolute Gasteiger partial charge is 0.373 e. The Labute approximate surface area is 436 Å². The van der Waals surface area contributed by atoms with Gasteiger partial charge in [-0.1, -0.05) is 137 Å². The van der Waals surface area contributed by atoms with Crippen LogP contribution in [0.15, 0.2) is 127 Å². The summed E-state index contributed by atoms with van der Waals surface area (Å²) in [4.78, 5) is 77.1. The molecule has 0 N–H and O–H groups in total. The van der Waals surface area contributed by atoms with Crippen molar-refractivity contribution in [3.8, 4) is 33.8 Å². The number of hydrogen-bond acceptors (Lipinski definition) is 12. The van der Waals surface area contributed by atoms with Gasteiger partial charge >= 0.3 is 18.5 Å². The van der Waals surface area contributed by atoms with Crippen LogP contribution < -0.4 is 0 Å². The molecule has 6 aromatic carbocycles. The summed E-state index contributed by atoms with van der Waals surface area (Å²) in [5.74, 6) is 0. The van der Waals surface area contributed by atoms with Crippen LogP contribution in [-0.4, -0.2) is 48.4 Å². The van der Waals surface area contributed by atoms with Crippen LogP contribution in [0.5, 0.6) is 0 Å². The second kappa shape index (κ2) is 27.7. The number of fused-ring (bicyclic) bond motifs is 3. The zero-order chi connectivity index (χ0) is 50.6. The Balaban J connectivity index is 0.000000207. The van der Waals surface area contributed by atoms with Gasteiger partial charge in [0.1, 0.15) is 3.74 Å². The molecule has 0 radical (unpaired) electrons. The van der Waals surface area contributed by atoms with Crippen LogP contribution >= 0.6 is 82.6 Å². The van der Waals surface area contributed by atoms with Gasteiger partial charge in [0.05, 0.1) is 67.3 Å². The first-order valence-electron chi connectivity index (χ1n) is 20.0. The molecule has 3 aromatic heterocycles. The van der Waals surface area contributed by atoms with E-state index >= 15 is 0 Å². The van der Waals surface area contributed by atoms with Crippen molar-refractivity contribution in [3.05, 3.63) is 176 Å².